The molecule has 0 aliphatic carbocycles. The topological polar surface area (TPSA) is 61.7 Å². The number of aromatic nitrogens is 4. The number of fused-ring (bicyclic) bond motifs is 1. The van der Waals surface area contributed by atoms with Crippen molar-refractivity contribution in [1.82, 2.24) is 19.3 Å². The van der Waals surface area contributed by atoms with Crippen molar-refractivity contribution in [3.8, 4) is 5.69 Å². The van der Waals surface area contributed by atoms with Crippen LogP contribution in [0, 0.1) is 6.92 Å². The summed E-state index contributed by atoms with van der Waals surface area (Å²) in [5.74, 6) is 0.459. The van der Waals surface area contributed by atoms with Gasteiger partial charge in [0.25, 0.3) is 0 Å². The summed E-state index contributed by atoms with van der Waals surface area (Å²) in [7, 11) is 1.92. The normalized spacial score (nSPS) is 11.4. The van der Waals surface area contributed by atoms with Crippen molar-refractivity contribution in [2.24, 2.45) is 7.05 Å². The molecule has 0 bridgehead atoms. The lowest BCUT2D eigenvalue weighted by atomic mass is 10.2. The number of hydrogen-bond donors (Lipinski definition) is 1. The molecule has 0 saturated heterocycles. The number of nitrogen functional groups attached to an aromatic ring is 1. The van der Waals surface area contributed by atoms with Crippen molar-refractivity contribution in [3.05, 3.63) is 34.5 Å². The smallest absolute Gasteiger partial charge is 0.207 e. The average molecular weight is 304 g/mol. The van der Waals surface area contributed by atoms with Crippen LogP contribution >= 0.6 is 11.6 Å². The summed E-state index contributed by atoms with van der Waals surface area (Å²) in [5, 5.41) is 5.28. The monoisotopic (exact) mass is 303 g/mol. The second kappa shape index (κ2) is 5.07. The maximum Gasteiger partial charge on any atom is 0.207 e. The second-order valence-corrected chi connectivity index (χ2v) is 5.59. The van der Waals surface area contributed by atoms with E-state index in [1.807, 2.05) is 41.4 Å². The van der Waals surface area contributed by atoms with Crippen LogP contribution in [0.4, 0.5) is 5.95 Å². The SMILES string of the molecule is CCCc1nn(C)c2c1nc(N)n2-c1cccc(Cl)c1C. The summed E-state index contributed by atoms with van der Waals surface area (Å²) in [6, 6.07) is 5.78. The van der Waals surface area contributed by atoms with Gasteiger partial charge in [0, 0.05) is 12.1 Å². The Balaban J connectivity index is 2.33. The Morgan fingerprint density at radius 3 is 2.81 bits per heavy atom. The lowest BCUT2D eigenvalue weighted by Gasteiger charge is -2.11. The Morgan fingerprint density at radius 2 is 2.10 bits per heavy atom. The summed E-state index contributed by atoms with van der Waals surface area (Å²) in [6.45, 7) is 4.11. The van der Waals surface area contributed by atoms with Gasteiger partial charge in [-0.3, -0.25) is 4.57 Å². The molecule has 6 heteroatoms. The van der Waals surface area contributed by atoms with Gasteiger partial charge in [0.05, 0.1) is 11.4 Å². The minimum Gasteiger partial charge on any atom is -0.369 e. The third kappa shape index (κ3) is 2.08. The van der Waals surface area contributed by atoms with Gasteiger partial charge in [0.15, 0.2) is 5.65 Å². The van der Waals surface area contributed by atoms with Crippen LogP contribution in [-0.2, 0) is 13.5 Å². The van der Waals surface area contributed by atoms with Crippen LogP contribution in [0.25, 0.3) is 16.9 Å². The van der Waals surface area contributed by atoms with E-state index < -0.39 is 0 Å². The molecule has 0 aliphatic heterocycles. The average Bonchev–Trinajstić information content (AvgIpc) is 2.92. The fourth-order valence-corrected chi connectivity index (χ4v) is 2.85. The van der Waals surface area contributed by atoms with Crippen molar-refractivity contribution in [2.75, 3.05) is 5.73 Å². The Kier molecular flexibility index (Phi) is 3.37. The fourth-order valence-electron chi connectivity index (χ4n) is 2.68. The molecular formula is C15H18ClN5. The third-order valence-electron chi connectivity index (χ3n) is 3.70. The van der Waals surface area contributed by atoms with Gasteiger partial charge < -0.3 is 5.73 Å². The highest BCUT2D eigenvalue weighted by Gasteiger charge is 2.19. The maximum atomic E-state index is 6.23. The first-order valence-electron chi connectivity index (χ1n) is 6.99. The molecule has 0 amide bonds. The van der Waals surface area contributed by atoms with Gasteiger partial charge in [-0.05, 0) is 31.0 Å². The second-order valence-electron chi connectivity index (χ2n) is 5.18. The van der Waals surface area contributed by atoms with Crippen molar-refractivity contribution in [1.29, 1.82) is 0 Å². The Morgan fingerprint density at radius 1 is 1.33 bits per heavy atom. The molecule has 0 fully saturated rings. The molecule has 0 aliphatic rings. The molecule has 2 N–H and O–H groups in total. The molecular weight excluding hydrogens is 286 g/mol. The standard InChI is InChI=1S/C15H18ClN5/c1-4-6-11-13-14(20(3)19-11)21(15(17)18-13)12-8-5-7-10(16)9(12)2/h5,7-8H,4,6H2,1-3H3,(H2,17,18). The van der Waals surface area contributed by atoms with Crippen LogP contribution < -0.4 is 5.73 Å². The number of aryl methyl sites for hydroxylation is 2. The highest BCUT2D eigenvalue weighted by Crippen LogP contribution is 2.29. The maximum absolute atomic E-state index is 6.23. The molecule has 2 heterocycles. The molecule has 3 aromatic rings. The van der Waals surface area contributed by atoms with E-state index in [9.17, 15) is 0 Å². The van der Waals surface area contributed by atoms with Crippen molar-refractivity contribution < 1.29 is 0 Å². The fraction of sp³-hybridized carbons (Fsp3) is 0.333. The van der Waals surface area contributed by atoms with E-state index in [0.29, 0.717) is 11.0 Å². The van der Waals surface area contributed by atoms with Crippen LogP contribution in [0.5, 0.6) is 0 Å². The molecule has 5 nitrogen and oxygen atoms in total. The molecule has 1 aromatic carbocycles. The van der Waals surface area contributed by atoms with E-state index >= 15 is 0 Å². The zero-order valence-electron chi connectivity index (χ0n) is 12.4. The summed E-state index contributed by atoms with van der Waals surface area (Å²) in [5.41, 5.74) is 10.8. The largest absolute Gasteiger partial charge is 0.369 e. The van der Waals surface area contributed by atoms with Crippen LogP contribution in [-0.4, -0.2) is 19.3 Å². The first-order chi connectivity index (χ1) is 10.0. The van der Waals surface area contributed by atoms with Crippen molar-refractivity contribution in [2.45, 2.75) is 26.7 Å². The van der Waals surface area contributed by atoms with Gasteiger partial charge in [-0.1, -0.05) is 31.0 Å². The van der Waals surface area contributed by atoms with Crippen molar-refractivity contribution in [3.63, 3.8) is 0 Å². The van der Waals surface area contributed by atoms with Crippen LogP contribution in [0.2, 0.25) is 5.02 Å². The van der Waals surface area contributed by atoms with Gasteiger partial charge in [-0.25, -0.2) is 9.67 Å². The van der Waals surface area contributed by atoms with Gasteiger partial charge in [0.1, 0.15) is 5.52 Å². The summed E-state index contributed by atoms with van der Waals surface area (Å²) in [4.78, 5) is 4.51. The summed E-state index contributed by atoms with van der Waals surface area (Å²) in [6.07, 6.45) is 1.91. The first kappa shape index (κ1) is 13.9. The molecule has 0 atom stereocenters. The van der Waals surface area contributed by atoms with Crippen molar-refractivity contribution >= 4 is 28.7 Å². The molecule has 0 saturated carbocycles. The van der Waals surface area contributed by atoms with E-state index in [1.54, 1.807) is 0 Å². The predicted molar refractivity (Wildman–Crippen MR) is 86.0 cm³/mol. The van der Waals surface area contributed by atoms with Gasteiger partial charge in [0.2, 0.25) is 5.95 Å². The molecule has 21 heavy (non-hydrogen) atoms. The highest BCUT2D eigenvalue weighted by molar-refractivity contribution is 6.31. The Hall–Kier alpha value is -2.01. The van der Waals surface area contributed by atoms with Gasteiger partial charge in [-0.15, -0.1) is 0 Å². The number of nitrogens with zero attached hydrogens (tertiary/aromatic N) is 4. The lowest BCUT2D eigenvalue weighted by Crippen LogP contribution is -2.06. The summed E-state index contributed by atoms with van der Waals surface area (Å²) >= 11 is 6.23. The van der Waals surface area contributed by atoms with Crippen LogP contribution in [0.3, 0.4) is 0 Å². The predicted octanol–water partition coefficient (Wildman–Crippen LogP) is 3.26. The number of halogens is 1. The van der Waals surface area contributed by atoms with Gasteiger partial charge in [-0.2, -0.15) is 5.10 Å². The number of nitrogens with two attached hydrogens (primary N) is 1. The molecule has 3 rings (SSSR count). The van der Waals surface area contributed by atoms with Crippen LogP contribution in [0.15, 0.2) is 18.2 Å². The van der Waals surface area contributed by atoms with E-state index in [4.69, 9.17) is 17.3 Å². The number of hydrogen-bond acceptors (Lipinski definition) is 3. The zero-order chi connectivity index (χ0) is 15.1. The molecule has 0 spiro atoms. The summed E-state index contributed by atoms with van der Waals surface area (Å²) < 4.78 is 3.76. The van der Waals surface area contributed by atoms with Crippen LogP contribution in [0.1, 0.15) is 24.6 Å². The zero-order valence-corrected chi connectivity index (χ0v) is 13.1. The van der Waals surface area contributed by atoms with E-state index in [1.165, 1.54) is 0 Å². The van der Waals surface area contributed by atoms with E-state index in [2.05, 4.69) is 17.0 Å². The minimum absolute atomic E-state index is 0.459. The number of benzene rings is 1. The quantitative estimate of drug-likeness (QED) is 0.808. The number of anilines is 1. The Labute approximate surface area is 128 Å². The molecule has 0 unspecified atom stereocenters. The van der Waals surface area contributed by atoms with E-state index in [-0.39, 0.29) is 0 Å². The third-order valence-corrected chi connectivity index (χ3v) is 4.11. The molecule has 2 aromatic heterocycles. The van der Waals surface area contributed by atoms with E-state index in [0.717, 1.165) is 41.0 Å². The first-order valence-corrected chi connectivity index (χ1v) is 7.37. The lowest BCUT2D eigenvalue weighted by molar-refractivity contribution is 0.737. The molecule has 0 radical (unpaired) electrons. The van der Waals surface area contributed by atoms with Gasteiger partial charge >= 0.3 is 0 Å². The minimum atomic E-state index is 0.459. The Bertz CT molecular complexity index is 815. The molecule has 110 valence electrons. The highest BCUT2D eigenvalue weighted by atomic mass is 35.5. The number of imidazole rings is 1. The number of rotatable bonds is 3.